The van der Waals surface area contributed by atoms with Gasteiger partial charge in [0.2, 0.25) is 0 Å². The zero-order valence-electron chi connectivity index (χ0n) is 10.6. The maximum Gasteiger partial charge on any atom is 0.335 e. The average molecular weight is 233 g/mol. The van der Waals surface area contributed by atoms with Crippen molar-refractivity contribution < 1.29 is 9.90 Å². The Morgan fingerprint density at radius 3 is 2.59 bits per heavy atom. The third-order valence-corrected chi connectivity index (χ3v) is 2.53. The van der Waals surface area contributed by atoms with Crippen LogP contribution in [0.15, 0.2) is 36.9 Å². The summed E-state index contributed by atoms with van der Waals surface area (Å²) in [5.41, 5.74) is 1.13. The molecule has 1 rings (SSSR count). The standard InChI is InChI=1S/C14H19NO2/c1-5-9-15(14(2,3)4)12-8-6-7-11(10-12)13(16)17/h5-8,10H,1,9H2,2-4H3,(H,16,17). The molecule has 17 heavy (non-hydrogen) atoms. The number of aromatic carboxylic acids is 1. The van der Waals surface area contributed by atoms with Crippen molar-refractivity contribution in [1.29, 1.82) is 0 Å². The molecule has 0 saturated heterocycles. The van der Waals surface area contributed by atoms with Gasteiger partial charge < -0.3 is 10.0 Å². The molecule has 0 radical (unpaired) electrons. The van der Waals surface area contributed by atoms with Crippen LogP contribution in [0.25, 0.3) is 0 Å². The Morgan fingerprint density at radius 1 is 1.47 bits per heavy atom. The van der Waals surface area contributed by atoms with Gasteiger partial charge in [-0.3, -0.25) is 0 Å². The van der Waals surface area contributed by atoms with Crippen molar-refractivity contribution in [2.24, 2.45) is 0 Å². The van der Waals surface area contributed by atoms with Gasteiger partial charge in [0, 0.05) is 17.8 Å². The number of anilines is 1. The van der Waals surface area contributed by atoms with E-state index in [9.17, 15) is 4.79 Å². The van der Waals surface area contributed by atoms with E-state index < -0.39 is 5.97 Å². The minimum absolute atomic E-state index is 0.0781. The van der Waals surface area contributed by atoms with Crippen molar-refractivity contribution in [2.75, 3.05) is 11.4 Å². The van der Waals surface area contributed by atoms with E-state index in [-0.39, 0.29) is 5.54 Å². The van der Waals surface area contributed by atoms with Crippen LogP contribution in [0.1, 0.15) is 31.1 Å². The second-order valence-corrected chi connectivity index (χ2v) is 4.93. The summed E-state index contributed by atoms with van der Waals surface area (Å²) >= 11 is 0. The van der Waals surface area contributed by atoms with E-state index in [1.165, 1.54) is 0 Å². The first kappa shape index (κ1) is 13.3. The number of nitrogens with zero attached hydrogens (tertiary/aromatic N) is 1. The summed E-state index contributed by atoms with van der Waals surface area (Å²) in [6.07, 6.45) is 1.82. The third kappa shape index (κ3) is 3.34. The largest absolute Gasteiger partial charge is 0.478 e. The third-order valence-electron chi connectivity index (χ3n) is 2.53. The first-order valence-electron chi connectivity index (χ1n) is 5.58. The highest BCUT2D eigenvalue weighted by atomic mass is 16.4. The van der Waals surface area contributed by atoms with Gasteiger partial charge in [-0.15, -0.1) is 6.58 Å². The van der Waals surface area contributed by atoms with E-state index in [1.54, 1.807) is 18.2 Å². The van der Waals surface area contributed by atoms with Crippen LogP contribution >= 0.6 is 0 Å². The molecular formula is C14H19NO2. The molecule has 3 heteroatoms. The fourth-order valence-electron chi connectivity index (χ4n) is 1.70. The lowest BCUT2D eigenvalue weighted by atomic mass is 10.0. The van der Waals surface area contributed by atoms with Gasteiger partial charge in [-0.25, -0.2) is 4.79 Å². The molecule has 3 nitrogen and oxygen atoms in total. The number of rotatable bonds is 4. The first-order valence-corrected chi connectivity index (χ1v) is 5.58. The summed E-state index contributed by atoms with van der Waals surface area (Å²) in [7, 11) is 0. The Labute approximate surface area is 102 Å². The fraction of sp³-hybridized carbons (Fsp3) is 0.357. The molecule has 1 aromatic rings. The van der Waals surface area contributed by atoms with Crippen LogP contribution in [-0.4, -0.2) is 23.2 Å². The smallest absolute Gasteiger partial charge is 0.335 e. The lowest BCUT2D eigenvalue weighted by Crippen LogP contribution is -2.41. The van der Waals surface area contributed by atoms with Crippen LogP contribution in [-0.2, 0) is 0 Å². The highest BCUT2D eigenvalue weighted by molar-refractivity contribution is 5.88. The normalized spacial score (nSPS) is 11.0. The molecule has 1 N–H and O–H groups in total. The Kier molecular flexibility index (Phi) is 3.94. The molecule has 0 aliphatic heterocycles. The second-order valence-electron chi connectivity index (χ2n) is 4.93. The SMILES string of the molecule is C=CCN(c1cccc(C(=O)O)c1)C(C)(C)C. The van der Waals surface area contributed by atoms with Crippen LogP contribution in [0.4, 0.5) is 5.69 Å². The highest BCUT2D eigenvalue weighted by Crippen LogP contribution is 2.24. The molecule has 0 unspecified atom stereocenters. The van der Waals surface area contributed by atoms with Gasteiger partial charge in [-0.05, 0) is 39.0 Å². The van der Waals surface area contributed by atoms with Gasteiger partial charge in [0.25, 0.3) is 0 Å². The van der Waals surface area contributed by atoms with E-state index in [0.29, 0.717) is 12.1 Å². The number of benzene rings is 1. The number of carbonyl (C=O) groups is 1. The summed E-state index contributed by atoms with van der Waals surface area (Å²) in [6.45, 7) is 10.7. The maximum atomic E-state index is 10.9. The first-order chi connectivity index (χ1) is 7.86. The molecule has 0 spiro atoms. The average Bonchev–Trinajstić information content (AvgIpc) is 2.24. The molecule has 0 aliphatic carbocycles. The number of hydrogen-bond donors (Lipinski definition) is 1. The van der Waals surface area contributed by atoms with E-state index in [4.69, 9.17) is 5.11 Å². The van der Waals surface area contributed by atoms with Crippen molar-refractivity contribution in [2.45, 2.75) is 26.3 Å². The molecule has 92 valence electrons. The van der Waals surface area contributed by atoms with Gasteiger partial charge in [0.15, 0.2) is 0 Å². The summed E-state index contributed by atoms with van der Waals surface area (Å²) in [4.78, 5) is 13.1. The molecule has 0 fully saturated rings. The van der Waals surface area contributed by atoms with Crippen molar-refractivity contribution >= 4 is 11.7 Å². The Balaban J connectivity index is 3.14. The minimum atomic E-state index is -0.903. The monoisotopic (exact) mass is 233 g/mol. The van der Waals surface area contributed by atoms with Crippen molar-refractivity contribution in [1.82, 2.24) is 0 Å². The minimum Gasteiger partial charge on any atom is -0.478 e. The molecule has 0 bridgehead atoms. The van der Waals surface area contributed by atoms with Gasteiger partial charge in [0.1, 0.15) is 0 Å². The summed E-state index contributed by atoms with van der Waals surface area (Å²) in [5.74, 6) is -0.903. The van der Waals surface area contributed by atoms with E-state index in [1.807, 2.05) is 12.1 Å². The Hall–Kier alpha value is -1.77. The lowest BCUT2D eigenvalue weighted by molar-refractivity contribution is 0.0697. The molecule has 1 aromatic carbocycles. The van der Waals surface area contributed by atoms with Gasteiger partial charge in [-0.1, -0.05) is 12.1 Å². The number of carboxylic acid groups (broad SMARTS) is 1. The van der Waals surface area contributed by atoms with E-state index in [0.717, 1.165) is 5.69 Å². The van der Waals surface area contributed by atoms with Crippen molar-refractivity contribution in [3.63, 3.8) is 0 Å². The topological polar surface area (TPSA) is 40.5 Å². The summed E-state index contributed by atoms with van der Waals surface area (Å²) in [5, 5.41) is 8.99. The van der Waals surface area contributed by atoms with E-state index in [2.05, 4.69) is 32.3 Å². The zero-order chi connectivity index (χ0) is 13.1. The second kappa shape index (κ2) is 5.04. The van der Waals surface area contributed by atoms with E-state index >= 15 is 0 Å². The van der Waals surface area contributed by atoms with Crippen LogP contribution in [0, 0.1) is 0 Å². The van der Waals surface area contributed by atoms with Gasteiger partial charge >= 0.3 is 5.97 Å². The van der Waals surface area contributed by atoms with Gasteiger partial charge in [-0.2, -0.15) is 0 Å². The number of hydrogen-bond acceptors (Lipinski definition) is 2. The predicted molar refractivity (Wildman–Crippen MR) is 70.7 cm³/mol. The van der Waals surface area contributed by atoms with Crippen molar-refractivity contribution in [3.05, 3.63) is 42.5 Å². The lowest BCUT2D eigenvalue weighted by Gasteiger charge is -2.37. The highest BCUT2D eigenvalue weighted by Gasteiger charge is 2.21. The van der Waals surface area contributed by atoms with Crippen molar-refractivity contribution in [3.8, 4) is 0 Å². The molecule has 0 aliphatic rings. The quantitative estimate of drug-likeness (QED) is 0.812. The molecular weight excluding hydrogens is 214 g/mol. The Morgan fingerprint density at radius 2 is 2.12 bits per heavy atom. The molecule has 0 aromatic heterocycles. The van der Waals surface area contributed by atoms with Crippen LogP contribution < -0.4 is 4.90 Å². The summed E-state index contributed by atoms with van der Waals surface area (Å²) < 4.78 is 0. The summed E-state index contributed by atoms with van der Waals surface area (Å²) in [6, 6.07) is 6.97. The Bertz CT molecular complexity index is 418. The van der Waals surface area contributed by atoms with Crippen LogP contribution in [0.3, 0.4) is 0 Å². The molecule has 0 atom stereocenters. The molecule has 0 heterocycles. The van der Waals surface area contributed by atoms with Crippen LogP contribution in [0.2, 0.25) is 0 Å². The number of carboxylic acids is 1. The fourth-order valence-corrected chi connectivity index (χ4v) is 1.70. The van der Waals surface area contributed by atoms with Gasteiger partial charge in [0.05, 0.1) is 5.56 Å². The predicted octanol–water partition coefficient (Wildman–Crippen LogP) is 3.18. The maximum absolute atomic E-state index is 10.9. The van der Waals surface area contributed by atoms with Crippen LogP contribution in [0.5, 0.6) is 0 Å². The molecule has 0 saturated carbocycles. The molecule has 0 amide bonds. The zero-order valence-corrected chi connectivity index (χ0v) is 10.6.